The van der Waals surface area contributed by atoms with E-state index in [4.69, 9.17) is 9.84 Å². The molecule has 110 valence electrons. The Morgan fingerprint density at radius 1 is 1.43 bits per heavy atom. The summed E-state index contributed by atoms with van der Waals surface area (Å²) < 4.78 is 6.83. The van der Waals surface area contributed by atoms with Gasteiger partial charge in [0.2, 0.25) is 0 Å². The van der Waals surface area contributed by atoms with Crippen LogP contribution >= 0.6 is 11.3 Å². The minimum atomic E-state index is -0.896. The Kier molecular flexibility index (Phi) is 3.55. The third-order valence-electron chi connectivity index (χ3n) is 3.70. The number of methoxy groups -OCH3 is 1. The highest BCUT2D eigenvalue weighted by atomic mass is 32.1. The first-order valence-corrected chi connectivity index (χ1v) is 7.53. The second kappa shape index (κ2) is 5.37. The van der Waals surface area contributed by atoms with Crippen molar-refractivity contribution in [1.82, 2.24) is 4.57 Å². The van der Waals surface area contributed by atoms with Crippen LogP contribution in [-0.2, 0) is 24.2 Å². The predicted molar refractivity (Wildman–Crippen MR) is 80.2 cm³/mol. The minimum absolute atomic E-state index is 0.0471. The van der Waals surface area contributed by atoms with Gasteiger partial charge in [0.25, 0.3) is 0 Å². The van der Waals surface area contributed by atoms with Gasteiger partial charge in [-0.05, 0) is 36.6 Å². The number of rotatable bonds is 4. The summed E-state index contributed by atoms with van der Waals surface area (Å²) in [5.74, 6) is -0.0977. The Labute approximate surface area is 125 Å². The predicted octanol–water partition coefficient (Wildman–Crippen LogP) is 2.16. The molecule has 1 aromatic carbocycles. The van der Waals surface area contributed by atoms with Crippen LogP contribution in [0.5, 0.6) is 5.75 Å². The minimum Gasteiger partial charge on any atom is -0.497 e. The lowest BCUT2D eigenvalue weighted by Crippen LogP contribution is -2.17. The van der Waals surface area contributed by atoms with Crippen molar-refractivity contribution in [3.63, 3.8) is 0 Å². The van der Waals surface area contributed by atoms with Crippen molar-refractivity contribution >= 4 is 17.3 Å². The quantitative estimate of drug-likeness (QED) is 0.940. The van der Waals surface area contributed by atoms with Crippen molar-refractivity contribution in [3.05, 3.63) is 38.3 Å². The van der Waals surface area contributed by atoms with E-state index < -0.39 is 5.97 Å². The summed E-state index contributed by atoms with van der Waals surface area (Å²) in [6.07, 6.45) is 1.64. The number of hydrogen-bond acceptors (Lipinski definition) is 4. The Hall–Kier alpha value is -2.08. The van der Waals surface area contributed by atoms with Gasteiger partial charge in [-0.15, -0.1) is 0 Å². The lowest BCUT2D eigenvalue weighted by Gasteiger charge is -2.19. The van der Waals surface area contributed by atoms with E-state index in [1.54, 1.807) is 11.7 Å². The SMILES string of the molecule is COc1ccc2c(c1)CCc1sc(=O)n(CCC(=O)O)c1-2. The molecule has 6 heteroatoms. The van der Waals surface area contributed by atoms with Gasteiger partial charge in [-0.1, -0.05) is 11.3 Å². The number of nitrogens with zero attached hydrogens (tertiary/aromatic N) is 1. The van der Waals surface area contributed by atoms with Gasteiger partial charge >= 0.3 is 10.8 Å². The number of thiazole rings is 1. The van der Waals surface area contributed by atoms with E-state index in [0.29, 0.717) is 0 Å². The maximum absolute atomic E-state index is 12.1. The lowest BCUT2D eigenvalue weighted by atomic mass is 9.93. The second-order valence-corrected chi connectivity index (χ2v) is 6.00. The van der Waals surface area contributed by atoms with Gasteiger partial charge < -0.3 is 9.84 Å². The highest BCUT2D eigenvalue weighted by Gasteiger charge is 2.23. The van der Waals surface area contributed by atoms with Gasteiger partial charge in [-0.25, -0.2) is 0 Å². The number of carbonyl (C=O) groups is 1. The number of ether oxygens (including phenoxy) is 1. The fraction of sp³-hybridized carbons (Fsp3) is 0.333. The van der Waals surface area contributed by atoms with Crippen LogP contribution < -0.4 is 9.61 Å². The van der Waals surface area contributed by atoms with E-state index in [9.17, 15) is 9.59 Å². The standard InChI is InChI=1S/C15H15NO4S/c1-20-10-3-4-11-9(8-10)2-5-12-14(11)16(15(19)21-12)7-6-13(17)18/h3-4,8H,2,5-7H2,1H3,(H,17,18). The average molecular weight is 305 g/mol. The third kappa shape index (κ3) is 2.47. The van der Waals surface area contributed by atoms with Crippen LogP contribution in [0.15, 0.2) is 23.0 Å². The van der Waals surface area contributed by atoms with Gasteiger partial charge in [0.05, 0.1) is 19.2 Å². The van der Waals surface area contributed by atoms with E-state index in [1.165, 1.54) is 11.3 Å². The van der Waals surface area contributed by atoms with Crippen LogP contribution in [-0.4, -0.2) is 22.8 Å². The van der Waals surface area contributed by atoms with Crippen molar-refractivity contribution < 1.29 is 14.6 Å². The summed E-state index contributed by atoms with van der Waals surface area (Å²) in [5, 5.41) is 8.84. The molecule has 1 heterocycles. The van der Waals surface area contributed by atoms with E-state index in [1.807, 2.05) is 18.2 Å². The third-order valence-corrected chi connectivity index (χ3v) is 4.74. The van der Waals surface area contributed by atoms with Crippen LogP contribution in [0, 0.1) is 0 Å². The molecule has 0 amide bonds. The molecule has 0 bridgehead atoms. The van der Waals surface area contributed by atoms with Gasteiger partial charge in [-0.3, -0.25) is 14.2 Å². The molecule has 3 rings (SSSR count). The summed E-state index contributed by atoms with van der Waals surface area (Å²) in [6, 6.07) is 5.81. The molecule has 0 saturated heterocycles. The number of carboxylic acids is 1. The van der Waals surface area contributed by atoms with Crippen molar-refractivity contribution in [1.29, 1.82) is 0 Å². The number of aliphatic carboxylic acids is 1. The van der Waals surface area contributed by atoms with Gasteiger partial charge in [0.15, 0.2) is 0 Å². The number of benzene rings is 1. The fourth-order valence-electron chi connectivity index (χ4n) is 2.71. The van der Waals surface area contributed by atoms with Crippen LogP contribution in [0.3, 0.4) is 0 Å². The fourth-order valence-corrected chi connectivity index (χ4v) is 3.73. The molecule has 0 fully saturated rings. The molecule has 0 radical (unpaired) electrons. The average Bonchev–Trinajstić information content (AvgIpc) is 2.80. The molecule has 1 N–H and O–H groups in total. The number of aromatic nitrogens is 1. The first kappa shape index (κ1) is 13.9. The molecule has 0 unspecified atom stereocenters. The molecular formula is C15H15NO4S. The van der Waals surface area contributed by atoms with E-state index >= 15 is 0 Å². The normalized spacial score (nSPS) is 12.6. The number of carboxylic acid groups (broad SMARTS) is 1. The molecule has 1 aliphatic rings. The molecule has 21 heavy (non-hydrogen) atoms. The van der Waals surface area contributed by atoms with Crippen LogP contribution in [0.1, 0.15) is 16.9 Å². The van der Waals surface area contributed by atoms with Gasteiger partial charge in [0, 0.05) is 17.0 Å². The molecular weight excluding hydrogens is 290 g/mol. The lowest BCUT2D eigenvalue weighted by molar-refractivity contribution is -0.137. The van der Waals surface area contributed by atoms with Gasteiger partial charge in [-0.2, -0.15) is 0 Å². The summed E-state index contributed by atoms with van der Waals surface area (Å²) in [7, 11) is 1.63. The number of aryl methyl sites for hydroxylation is 2. The maximum Gasteiger partial charge on any atom is 0.307 e. The molecule has 0 aliphatic heterocycles. The van der Waals surface area contributed by atoms with Crippen molar-refractivity contribution in [2.45, 2.75) is 25.8 Å². The Morgan fingerprint density at radius 2 is 2.24 bits per heavy atom. The topological polar surface area (TPSA) is 68.5 Å². The summed E-state index contributed by atoms with van der Waals surface area (Å²) in [4.78, 5) is 23.9. The Bertz CT molecular complexity index is 760. The van der Waals surface area contributed by atoms with Crippen molar-refractivity contribution in [2.24, 2.45) is 0 Å². The van der Waals surface area contributed by atoms with E-state index in [2.05, 4.69) is 0 Å². The molecule has 0 spiro atoms. The molecule has 1 aromatic heterocycles. The number of hydrogen-bond donors (Lipinski definition) is 1. The molecule has 0 atom stereocenters. The largest absolute Gasteiger partial charge is 0.497 e. The summed E-state index contributed by atoms with van der Waals surface area (Å²) in [6.45, 7) is 0.214. The van der Waals surface area contributed by atoms with Crippen molar-refractivity contribution in [3.8, 4) is 17.0 Å². The van der Waals surface area contributed by atoms with Crippen LogP contribution in [0.2, 0.25) is 0 Å². The summed E-state index contributed by atoms with van der Waals surface area (Å²) >= 11 is 1.23. The second-order valence-electron chi connectivity index (χ2n) is 4.96. The molecule has 0 saturated carbocycles. The first-order chi connectivity index (χ1) is 10.1. The number of fused-ring (bicyclic) bond motifs is 3. The van der Waals surface area contributed by atoms with Crippen LogP contribution in [0.4, 0.5) is 0 Å². The van der Waals surface area contributed by atoms with E-state index in [0.717, 1.165) is 40.3 Å². The van der Waals surface area contributed by atoms with E-state index in [-0.39, 0.29) is 17.8 Å². The highest BCUT2D eigenvalue weighted by molar-refractivity contribution is 7.09. The maximum atomic E-state index is 12.1. The van der Waals surface area contributed by atoms with Gasteiger partial charge in [0.1, 0.15) is 5.75 Å². The van der Waals surface area contributed by atoms with Crippen LogP contribution in [0.25, 0.3) is 11.3 Å². The Morgan fingerprint density at radius 3 is 2.95 bits per heavy atom. The van der Waals surface area contributed by atoms with Crippen molar-refractivity contribution in [2.75, 3.05) is 7.11 Å². The Balaban J connectivity index is 2.09. The smallest absolute Gasteiger partial charge is 0.307 e. The first-order valence-electron chi connectivity index (χ1n) is 6.71. The monoisotopic (exact) mass is 305 g/mol. The highest BCUT2D eigenvalue weighted by Crippen LogP contribution is 2.36. The zero-order valence-electron chi connectivity index (χ0n) is 11.6. The molecule has 2 aromatic rings. The molecule has 1 aliphatic carbocycles. The summed E-state index contributed by atoms with van der Waals surface area (Å²) in [5.41, 5.74) is 3.04. The zero-order valence-corrected chi connectivity index (χ0v) is 12.4. The molecule has 5 nitrogen and oxygen atoms in total. The zero-order chi connectivity index (χ0) is 15.0.